The predicted molar refractivity (Wildman–Crippen MR) is 89.9 cm³/mol. The third-order valence-corrected chi connectivity index (χ3v) is 5.26. The van der Waals surface area contributed by atoms with E-state index >= 15 is 0 Å². The Hall–Kier alpha value is -2.34. The summed E-state index contributed by atoms with van der Waals surface area (Å²) in [5.74, 6) is -0.299. The lowest BCUT2D eigenvalue weighted by Crippen LogP contribution is -2.18. The van der Waals surface area contributed by atoms with Crippen molar-refractivity contribution in [2.75, 3.05) is 0 Å². The molecule has 2 aromatic heterocycles. The van der Waals surface area contributed by atoms with Gasteiger partial charge in [0.25, 0.3) is 5.56 Å². The quantitative estimate of drug-likeness (QED) is 0.678. The van der Waals surface area contributed by atoms with Crippen LogP contribution in [0.4, 0.5) is 4.39 Å². The first kappa shape index (κ1) is 14.3. The first-order valence-corrected chi connectivity index (χ1v) is 8.36. The second-order valence-electron chi connectivity index (χ2n) is 5.58. The molecule has 0 saturated carbocycles. The fourth-order valence-corrected chi connectivity index (χ4v) is 4.12. The summed E-state index contributed by atoms with van der Waals surface area (Å²) in [6.45, 7) is 0. The minimum absolute atomic E-state index is 0.132. The molecule has 0 spiro atoms. The lowest BCUT2D eigenvalue weighted by molar-refractivity contribution is 0.628. The molecule has 3 aromatic rings. The zero-order valence-electron chi connectivity index (χ0n) is 12.3. The maximum atomic E-state index is 12.9. The highest BCUT2D eigenvalue weighted by Gasteiger charge is 2.19. The van der Waals surface area contributed by atoms with Gasteiger partial charge in [-0.2, -0.15) is 9.78 Å². The van der Waals surface area contributed by atoms with Crippen molar-refractivity contribution in [3.8, 4) is 0 Å². The molecule has 23 heavy (non-hydrogen) atoms. The molecule has 0 atom stereocenters. The van der Waals surface area contributed by atoms with Crippen LogP contribution in [0.1, 0.15) is 28.8 Å². The SMILES string of the molecule is O=c1c2c3c(sc2ncn1N=Cc1ccc(F)cc1)CCCC3. The van der Waals surface area contributed by atoms with Crippen molar-refractivity contribution in [3.05, 3.63) is 62.8 Å². The van der Waals surface area contributed by atoms with Crippen LogP contribution in [0, 0.1) is 5.82 Å². The summed E-state index contributed by atoms with van der Waals surface area (Å²) in [5, 5.41) is 4.89. The Morgan fingerprint density at radius 2 is 2.00 bits per heavy atom. The maximum Gasteiger partial charge on any atom is 0.282 e. The van der Waals surface area contributed by atoms with E-state index in [1.165, 1.54) is 40.6 Å². The van der Waals surface area contributed by atoms with E-state index in [2.05, 4.69) is 10.1 Å². The summed E-state index contributed by atoms with van der Waals surface area (Å²) in [6, 6.07) is 5.95. The standard InChI is InChI=1S/C17H14FN3OS/c18-12-7-5-11(6-8-12)9-20-21-10-19-16-15(17(21)22)13-3-1-2-4-14(13)23-16/h5-10H,1-4H2. The molecule has 0 aliphatic heterocycles. The number of fused-ring (bicyclic) bond motifs is 3. The molecule has 0 fully saturated rings. The van der Waals surface area contributed by atoms with E-state index in [1.54, 1.807) is 23.5 Å². The molecule has 1 aromatic carbocycles. The van der Waals surface area contributed by atoms with Crippen molar-refractivity contribution in [2.24, 2.45) is 5.10 Å². The van der Waals surface area contributed by atoms with E-state index in [4.69, 9.17) is 0 Å². The zero-order chi connectivity index (χ0) is 15.8. The van der Waals surface area contributed by atoms with Gasteiger partial charge in [0.2, 0.25) is 0 Å². The molecular weight excluding hydrogens is 313 g/mol. The first-order chi connectivity index (χ1) is 11.2. The average Bonchev–Trinajstić information content (AvgIpc) is 2.95. The highest BCUT2D eigenvalue weighted by Crippen LogP contribution is 2.33. The number of benzene rings is 1. The summed E-state index contributed by atoms with van der Waals surface area (Å²) in [7, 11) is 0. The van der Waals surface area contributed by atoms with Crippen LogP contribution in [-0.2, 0) is 12.8 Å². The van der Waals surface area contributed by atoms with Gasteiger partial charge in [0, 0.05) is 4.88 Å². The van der Waals surface area contributed by atoms with Gasteiger partial charge in [0.1, 0.15) is 17.0 Å². The Morgan fingerprint density at radius 3 is 2.83 bits per heavy atom. The molecule has 0 radical (unpaired) electrons. The number of halogens is 1. The molecule has 0 bridgehead atoms. The van der Waals surface area contributed by atoms with E-state index in [1.807, 2.05) is 0 Å². The van der Waals surface area contributed by atoms with Gasteiger partial charge in [-0.3, -0.25) is 4.79 Å². The number of rotatable bonds is 2. The number of aryl methyl sites for hydroxylation is 2. The normalized spacial score (nSPS) is 14.5. The minimum Gasteiger partial charge on any atom is -0.267 e. The average molecular weight is 327 g/mol. The summed E-state index contributed by atoms with van der Waals surface area (Å²) in [6.07, 6.45) is 7.26. The molecule has 0 saturated heterocycles. The Bertz CT molecular complexity index is 956. The van der Waals surface area contributed by atoms with Gasteiger partial charge in [-0.25, -0.2) is 9.37 Å². The highest BCUT2D eigenvalue weighted by molar-refractivity contribution is 7.18. The number of thiophene rings is 1. The summed E-state index contributed by atoms with van der Waals surface area (Å²) in [4.78, 5) is 19.2. The molecule has 0 amide bonds. The molecule has 6 heteroatoms. The van der Waals surface area contributed by atoms with Crippen molar-refractivity contribution in [3.63, 3.8) is 0 Å². The van der Waals surface area contributed by atoms with Gasteiger partial charge >= 0.3 is 0 Å². The van der Waals surface area contributed by atoms with Crippen LogP contribution in [0.5, 0.6) is 0 Å². The molecule has 1 aliphatic rings. The Balaban J connectivity index is 1.77. The van der Waals surface area contributed by atoms with Crippen LogP contribution >= 0.6 is 11.3 Å². The van der Waals surface area contributed by atoms with Gasteiger partial charge in [-0.05, 0) is 48.9 Å². The minimum atomic E-state index is -0.299. The third kappa shape index (κ3) is 2.59. The monoisotopic (exact) mass is 327 g/mol. The maximum absolute atomic E-state index is 12.9. The molecular formula is C17H14FN3OS. The van der Waals surface area contributed by atoms with Crippen LogP contribution in [0.3, 0.4) is 0 Å². The Morgan fingerprint density at radius 1 is 1.22 bits per heavy atom. The van der Waals surface area contributed by atoms with E-state index in [9.17, 15) is 9.18 Å². The van der Waals surface area contributed by atoms with Gasteiger partial charge in [0.05, 0.1) is 11.6 Å². The number of hydrogen-bond donors (Lipinski definition) is 0. The Labute approximate surface area is 135 Å². The van der Waals surface area contributed by atoms with Gasteiger partial charge in [-0.15, -0.1) is 11.3 Å². The summed E-state index contributed by atoms with van der Waals surface area (Å²) < 4.78 is 14.2. The van der Waals surface area contributed by atoms with Crippen LogP contribution in [0.2, 0.25) is 0 Å². The number of hydrogen-bond acceptors (Lipinski definition) is 4. The fourth-order valence-electron chi connectivity index (χ4n) is 2.90. The second kappa shape index (κ2) is 5.70. The van der Waals surface area contributed by atoms with Crippen molar-refractivity contribution < 1.29 is 4.39 Å². The van der Waals surface area contributed by atoms with Crippen LogP contribution in [-0.4, -0.2) is 15.9 Å². The van der Waals surface area contributed by atoms with Crippen molar-refractivity contribution in [2.45, 2.75) is 25.7 Å². The fraction of sp³-hybridized carbons (Fsp3) is 0.235. The molecule has 0 N–H and O–H groups in total. The Kier molecular flexibility index (Phi) is 3.53. The van der Waals surface area contributed by atoms with Crippen LogP contribution in [0.25, 0.3) is 10.2 Å². The number of aromatic nitrogens is 2. The van der Waals surface area contributed by atoms with Crippen molar-refractivity contribution in [1.82, 2.24) is 9.66 Å². The van der Waals surface area contributed by atoms with E-state index in [0.717, 1.165) is 35.2 Å². The predicted octanol–water partition coefficient (Wildman–Crippen LogP) is 3.36. The largest absolute Gasteiger partial charge is 0.282 e. The van der Waals surface area contributed by atoms with Gasteiger partial charge in [-0.1, -0.05) is 12.1 Å². The number of nitrogens with zero attached hydrogens (tertiary/aromatic N) is 3. The van der Waals surface area contributed by atoms with Crippen molar-refractivity contribution in [1.29, 1.82) is 0 Å². The smallest absolute Gasteiger partial charge is 0.267 e. The topological polar surface area (TPSA) is 47.2 Å². The van der Waals surface area contributed by atoms with Crippen molar-refractivity contribution >= 4 is 27.8 Å². The molecule has 4 rings (SSSR count). The lowest BCUT2D eigenvalue weighted by atomic mass is 9.97. The summed E-state index contributed by atoms with van der Waals surface area (Å²) >= 11 is 1.62. The van der Waals surface area contributed by atoms with E-state index in [-0.39, 0.29) is 11.4 Å². The van der Waals surface area contributed by atoms with Crippen LogP contribution < -0.4 is 5.56 Å². The lowest BCUT2D eigenvalue weighted by Gasteiger charge is -2.09. The second-order valence-corrected chi connectivity index (χ2v) is 6.67. The molecule has 2 heterocycles. The summed E-state index contributed by atoms with van der Waals surface area (Å²) in [5.41, 5.74) is 1.75. The first-order valence-electron chi connectivity index (χ1n) is 7.54. The van der Waals surface area contributed by atoms with Gasteiger partial charge in [0.15, 0.2) is 0 Å². The zero-order valence-corrected chi connectivity index (χ0v) is 13.1. The molecule has 116 valence electrons. The molecule has 0 unspecified atom stereocenters. The molecule has 4 nitrogen and oxygen atoms in total. The van der Waals surface area contributed by atoms with Gasteiger partial charge < -0.3 is 0 Å². The third-order valence-electron chi connectivity index (χ3n) is 4.06. The molecule has 1 aliphatic carbocycles. The van der Waals surface area contributed by atoms with Crippen LogP contribution in [0.15, 0.2) is 40.5 Å². The van der Waals surface area contributed by atoms with E-state index < -0.39 is 0 Å². The highest BCUT2D eigenvalue weighted by atomic mass is 32.1. The van der Waals surface area contributed by atoms with E-state index in [0.29, 0.717) is 5.39 Å².